The summed E-state index contributed by atoms with van der Waals surface area (Å²) in [5.41, 5.74) is 5.62. The van der Waals surface area contributed by atoms with Crippen molar-refractivity contribution in [3.63, 3.8) is 0 Å². The van der Waals surface area contributed by atoms with E-state index >= 15 is 0 Å². The lowest BCUT2D eigenvalue weighted by molar-refractivity contribution is -0.139. The van der Waals surface area contributed by atoms with Crippen LogP contribution in [-0.4, -0.2) is 35.1 Å². The molecule has 0 unspecified atom stereocenters. The molecule has 6 heteroatoms. The number of fused-ring (bicyclic) bond motifs is 3. The summed E-state index contributed by atoms with van der Waals surface area (Å²) in [6, 6.07) is 25.0. The highest BCUT2D eigenvalue weighted by Crippen LogP contribution is 2.44. The minimum Gasteiger partial charge on any atom is -0.480 e. The number of ether oxygens (including phenoxy) is 1. The van der Waals surface area contributed by atoms with Crippen molar-refractivity contribution in [3.05, 3.63) is 95.6 Å². The highest BCUT2D eigenvalue weighted by molar-refractivity contribution is 7.99. The van der Waals surface area contributed by atoms with Gasteiger partial charge in [-0.1, -0.05) is 85.8 Å². The van der Waals surface area contributed by atoms with Crippen molar-refractivity contribution < 1.29 is 19.4 Å². The molecule has 2 N–H and O–H groups in total. The first-order valence-corrected chi connectivity index (χ1v) is 11.6. The molecule has 2 atom stereocenters. The van der Waals surface area contributed by atoms with Gasteiger partial charge in [0.1, 0.15) is 12.6 Å². The van der Waals surface area contributed by atoms with Crippen molar-refractivity contribution in [1.29, 1.82) is 0 Å². The summed E-state index contributed by atoms with van der Waals surface area (Å²) in [4.78, 5) is 24.3. The van der Waals surface area contributed by atoms with Gasteiger partial charge < -0.3 is 15.2 Å². The van der Waals surface area contributed by atoms with Gasteiger partial charge in [-0.3, -0.25) is 0 Å². The molecule has 0 spiro atoms. The molecule has 1 amide bonds. The number of benzene rings is 3. The normalized spacial score (nSPS) is 14.2. The summed E-state index contributed by atoms with van der Waals surface area (Å²) in [6.45, 7) is 1.95. The average molecular weight is 448 g/mol. The fraction of sp³-hybridized carbons (Fsp3) is 0.231. The molecule has 3 aromatic carbocycles. The van der Waals surface area contributed by atoms with E-state index in [1.165, 1.54) is 11.8 Å². The van der Waals surface area contributed by atoms with E-state index in [0.717, 1.165) is 27.8 Å². The molecule has 0 saturated heterocycles. The summed E-state index contributed by atoms with van der Waals surface area (Å²) < 4.78 is 5.51. The van der Waals surface area contributed by atoms with Crippen LogP contribution in [0.15, 0.2) is 78.9 Å². The van der Waals surface area contributed by atoms with E-state index < -0.39 is 18.1 Å². The third-order valence-corrected chi connectivity index (χ3v) is 7.01. The Morgan fingerprint density at radius 2 is 1.50 bits per heavy atom. The number of rotatable bonds is 8. The van der Waals surface area contributed by atoms with Crippen LogP contribution in [0.2, 0.25) is 0 Å². The van der Waals surface area contributed by atoms with Crippen LogP contribution in [0.4, 0.5) is 4.79 Å². The Labute approximate surface area is 191 Å². The number of nitrogens with one attached hydrogen (secondary N) is 1. The fourth-order valence-electron chi connectivity index (χ4n) is 4.05. The Hall–Kier alpha value is -3.25. The molecule has 0 aliphatic heterocycles. The largest absolute Gasteiger partial charge is 0.480 e. The van der Waals surface area contributed by atoms with Crippen LogP contribution in [0.25, 0.3) is 11.1 Å². The molecule has 164 valence electrons. The molecule has 0 aromatic heterocycles. The number of amides is 1. The zero-order valence-corrected chi connectivity index (χ0v) is 18.5. The maximum atomic E-state index is 12.5. The average Bonchev–Trinajstić information content (AvgIpc) is 3.14. The molecule has 3 aromatic rings. The molecular formula is C26H25NO4S. The minimum atomic E-state index is -1.08. The first-order chi connectivity index (χ1) is 15.5. The number of aliphatic carboxylic acids is 1. The van der Waals surface area contributed by atoms with Gasteiger partial charge >= 0.3 is 12.1 Å². The fourth-order valence-corrected chi connectivity index (χ4v) is 5.07. The van der Waals surface area contributed by atoms with E-state index in [-0.39, 0.29) is 17.8 Å². The quantitative estimate of drug-likeness (QED) is 0.490. The highest BCUT2D eigenvalue weighted by Gasteiger charge is 2.31. The number of carbonyl (C=O) groups excluding carboxylic acids is 1. The second-order valence-corrected chi connectivity index (χ2v) is 9.15. The van der Waals surface area contributed by atoms with Crippen LogP contribution in [0.5, 0.6) is 0 Å². The van der Waals surface area contributed by atoms with Crippen molar-refractivity contribution >= 4 is 23.8 Å². The Bertz CT molecular complexity index is 1060. The lowest BCUT2D eigenvalue weighted by Crippen LogP contribution is -2.47. The number of hydrogen-bond acceptors (Lipinski definition) is 4. The number of hydrogen-bond donors (Lipinski definition) is 2. The summed E-state index contributed by atoms with van der Waals surface area (Å²) in [7, 11) is 0. The Balaban J connectivity index is 1.37. The Kier molecular flexibility index (Phi) is 6.81. The van der Waals surface area contributed by atoms with Gasteiger partial charge in [0.15, 0.2) is 0 Å². The van der Waals surface area contributed by atoms with Gasteiger partial charge in [0, 0.05) is 16.9 Å². The number of carboxylic acid groups (broad SMARTS) is 1. The SMILES string of the molecule is C[C@@H](SCc1ccccc1)[C@@H](NC(=O)OCC1c2ccccc2-c2ccccc21)C(=O)O. The standard InChI is InChI=1S/C26H25NO4S/c1-17(32-16-18-9-3-2-4-10-18)24(25(28)29)27-26(30)31-15-23-21-13-7-5-11-19(21)20-12-6-8-14-22(20)23/h2-14,17,23-24H,15-16H2,1H3,(H,27,30)(H,28,29)/t17-,24-/m1/s1. The number of thioether (sulfide) groups is 1. The minimum absolute atomic E-state index is 0.0682. The lowest BCUT2D eigenvalue weighted by Gasteiger charge is -2.22. The van der Waals surface area contributed by atoms with E-state index in [1.807, 2.05) is 66.7 Å². The van der Waals surface area contributed by atoms with Crippen molar-refractivity contribution in [1.82, 2.24) is 5.32 Å². The summed E-state index contributed by atoms with van der Waals surface area (Å²) in [5.74, 6) is -0.481. The van der Waals surface area contributed by atoms with Crippen molar-refractivity contribution in [2.45, 2.75) is 29.9 Å². The van der Waals surface area contributed by atoms with Gasteiger partial charge in [-0.05, 0) is 27.8 Å². The molecule has 1 aliphatic carbocycles. The van der Waals surface area contributed by atoms with Crippen LogP contribution < -0.4 is 5.32 Å². The molecule has 0 radical (unpaired) electrons. The van der Waals surface area contributed by atoms with Gasteiger partial charge in [-0.25, -0.2) is 9.59 Å². The molecule has 4 rings (SSSR count). The summed E-state index contributed by atoms with van der Waals surface area (Å²) >= 11 is 1.48. The zero-order chi connectivity index (χ0) is 22.5. The second kappa shape index (κ2) is 9.92. The number of alkyl carbamates (subject to hydrolysis) is 1. The third kappa shape index (κ3) is 4.81. The molecule has 0 saturated carbocycles. The number of carbonyl (C=O) groups is 2. The lowest BCUT2D eigenvalue weighted by atomic mass is 9.98. The van der Waals surface area contributed by atoms with Gasteiger partial charge in [0.05, 0.1) is 0 Å². The maximum Gasteiger partial charge on any atom is 0.407 e. The number of carboxylic acids is 1. The predicted octanol–water partition coefficient (Wildman–Crippen LogP) is 5.30. The van der Waals surface area contributed by atoms with E-state index in [9.17, 15) is 14.7 Å². The first kappa shape index (κ1) is 22.0. The Morgan fingerprint density at radius 3 is 2.09 bits per heavy atom. The Morgan fingerprint density at radius 1 is 0.938 bits per heavy atom. The van der Waals surface area contributed by atoms with Crippen LogP contribution in [-0.2, 0) is 15.3 Å². The van der Waals surface area contributed by atoms with E-state index in [1.54, 1.807) is 6.92 Å². The van der Waals surface area contributed by atoms with Crippen LogP contribution in [0, 0.1) is 0 Å². The molecule has 1 aliphatic rings. The van der Waals surface area contributed by atoms with Gasteiger partial charge in [0.25, 0.3) is 0 Å². The smallest absolute Gasteiger partial charge is 0.407 e. The highest BCUT2D eigenvalue weighted by atomic mass is 32.2. The molecular weight excluding hydrogens is 422 g/mol. The van der Waals surface area contributed by atoms with Gasteiger partial charge in [-0.15, -0.1) is 0 Å². The summed E-state index contributed by atoms with van der Waals surface area (Å²) in [6.07, 6.45) is -0.716. The van der Waals surface area contributed by atoms with Crippen molar-refractivity contribution in [2.24, 2.45) is 0 Å². The molecule has 0 fully saturated rings. The van der Waals surface area contributed by atoms with Crippen LogP contribution in [0.3, 0.4) is 0 Å². The van der Waals surface area contributed by atoms with E-state index in [2.05, 4.69) is 17.4 Å². The first-order valence-electron chi connectivity index (χ1n) is 10.5. The second-order valence-electron chi connectivity index (χ2n) is 7.79. The molecule has 32 heavy (non-hydrogen) atoms. The predicted molar refractivity (Wildman–Crippen MR) is 127 cm³/mol. The topological polar surface area (TPSA) is 75.6 Å². The van der Waals surface area contributed by atoms with Crippen molar-refractivity contribution in [3.8, 4) is 11.1 Å². The van der Waals surface area contributed by atoms with Crippen molar-refractivity contribution in [2.75, 3.05) is 6.61 Å². The molecule has 0 bridgehead atoms. The zero-order valence-electron chi connectivity index (χ0n) is 17.7. The van der Waals surface area contributed by atoms with Gasteiger partial charge in [-0.2, -0.15) is 11.8 Å². The van der Waals surface area contributed by atoms with E-state index in [0.29, 0.717) is 5.75 Å². The maximum absolute atomic E-state index is 12.5. The third-order valence-electron chi connectivity index (χ3n) is 5.71. The molecule has 0 heterocycles. The monoisotopic (exact) mass is 447 g/mol. The van der Waals surface area contributed by atoms with Gasteiger partial charge in [0.2, 0.25) is 0 Å². The van der Waals surface area contributed by atoms with Crippen LogP contribution >= 0.6 is 11.8 Å². The van der Waals surface area contributed by atoms with Crippen LogP contribution in [0.1, 0.15) is 29.5 Å². The molecule has 5 nitrogen and oxygen atoms in total. The summed E-state index contributed by atoms with van der Waals surface area (Å²) in [5, 5.41) is 11.9. The van der Waals surface area contributed by atoms with E-state index in [4.69, 9.17) is 4.74 Å².